The summed E-state index contributed by atoms with van der Waals surface area (Å²) in [5.74, 6) is 0.248. The average molecular weight is 323 g/mol. The van der Waals surface area contributed by atoms with E-state index in [1.165, 1.54) is 0 Å². The van der Waals surface area contributed by atoms with E-state index < -0.39 is 0 Å². The number of hydrogen-bond acceptors (Lipinski definition) is 3. The number of rotatable bonds is 3. The van der Waals surface area contributed by atoms with Crippen LogP contribution in [0.4, 0.5) is 0 Å². The maximum atomic E-state index is 12.6. The SMILES string of the molecule is C[C@H](C(=O)N1CCCC1)N1CCO[C@H](c2ccccc2Cl)C1. The van der Waals surface area contributed by atoms with Crippen LogP contribution in [0.1, 0.15) is 31.4 Å². The molecule has 2 aliphatic heterocycles. The molecule has 0 aliphatic carbocycles. The van der Waals surface area contributed by atoms with Crippen LogP contribution in [-0.2, 0) is 9.53 Å². The maximum Gasteiger partial charge on any atom is 0.239 e. The van der Waals surface area contributed by atoms with Gasteiger partial charge < -0.3 is 9.64 Å². The van der Waals surface area contributed by atoms with Gasteiger partial charge in [-0.2, -0.15) is 0 Å². The fourth-order valence-electron chi connectivity index (χ4n) is 3.30. The van der Waals surface area contributed by atoms with Gasteiger partial charge in [0.25, 0.3) is 0 Å². The molecule has 2 aliphatic rings. The summed E-state index contributed by atoms with van der Waals surface area (Å²) in [5.41, 5.74) is 1.01. The Hall–Kier alpha value is -1.10. The lowest BCUT2D eigenvalue weighted by atomic mass is 10.1. The number of amides is 1. The van der Waals surface area contributed by atoms with Crippen molar-refractivity contribution in [2.75, 3.05) is 32.8 Å². The van der Waals surface area contributed by atoms with Gasteiger partial charge in [0.05, 0.1) is 18.8 Å². The number of halogens is 1. The van der Waals surface area contributed by atoms with Gasteiger partial charge in [0, 0.05) is 36.8 Å². The summed E-state index contributed by atoms with van der Waals surface area (Å²) >= 11 is 6.28. The molecular weight excluding hydrogens is 300 g/mol. The van der Waals surface area contributed by atoms with Crippen LogP contribution >= 0.6 is 11.6 Å². The number of carbonyl (C=O) groups is 1. The first-order valence-corrected chi connectivity index (χ1v) is 8.43. The van der Waals surface area contributed by atoms with E-state index in [9.17, 15) is 4.79 Å². The van der Waals surface area contributed by atoms with E-state index in [2.05, 4.69) is 4.90 Å². The van der Waals surface area contributed by atoms with Crippen LogP contribution < -0.4 is 0 Å². The monoisotopic (exact) mass is 322 g/mol. The molecule has 5 heteroatoms. The van der Waals surface area contributed by atoms with Crippen molar-refractivity contribution in [2.45, 2.75) is 31.9 Å². The third kappa shape index (κ3) is 3.29. The van der Waals surface area contributed by atoms with Crippen molar-refractivity contribution in [3.63, 3.8) is 0 Å². The summed E-state index contributed by atoms with van der Waals surface area (Å²) in [6.07, 6.45) is 2.20. The molecule has 120 valence electrons. The molecule has 0 spiro atoms. The van der Waals surface area contributed by atoms with Crippen LogP contribution in [0.3, 0.4) is 0 Å². The highest BCUT2D eigenvalue weighted by molar-refractivity contribution is 6.31. The van der Waals surface area contributed by atoms with Crippen LogP contribution in [0.25, 0.3) is 0 Å². The molecular formula is C17H23ClN2O2. The summed E-state index contributed by atoms with van der Waals surface area (Å²) in [4.78, 5) is 16.8. The van der Waals surface area contributed by atoms with Gasteiger partial charge in [0.15, 0.2) is 0 Å². The normalized spacial score (nSPS) is 24.5. The minimum absolute atomic E-state index is 0.0590. The predicted octanol–water partition coefficient (Wildman–Crippen LogP) is 2.72. The van der Waals surface area contributed by atoms with Gasteiger partial charge in [0.2, 0.25) is 5.91 Å². The fourth-order valence-corrected chi connectivity index (χ4v) is 3.56. The lowest BCUT2D eigenvalue weighted by Gasteiger charge is -2.37. The topological polar surface area (TPSA) is 32.8 Å². The standard InChI is InChI=1S/C17H23ClN2O2/c1-13(17(21)19-8-4-5-9-19)20-10-11-22-16(12-20)14-6-2-3-7-15(14)18/h2-3,6-7,13,16H,4-5,8-12H2,1H3/t13-,16+/m1/s1. The average Bonchev–Trinajstić information content (AvgIpc) is 3.08. The van der Waals surface area contributed by atoms with Crippen LogP contribution in [-0.4, -0.2) is 54.5 Å². The van der Waals surface area contributed by atoms with Gasteiger partial charge in [0.1, 0.15) is 0 Å². The Balaban J connectivity index is 1.67. The zero-order valence-corrected chi connectivity index (χ0v) is 13.8. The molecule has 0 aromatic heterocycles. The second-order valence-electron chi connectivity index (χ2n) is 6.08. The van der Waals surface area contributed by atoms with Gasteiger partial charge in [-0.3, -0.25) is 9.69 Å². The van der Waals surface area contributed by atoms with Crippen LogP contribution in [0, 0.1) is 0 Å². The molecule has 2 fully saturated rings. The Labute approximate surface area is 137 Å². The van der Waals surface area contributed by atoms with Crippen LogP contribution in [0.15, 0.2) is 24.3 Å². The Morgan fingerprint density at radius 1 is 1.27 bits per heavy atom. The van der Waals surface area contributed by atoms with Crippen molar-refractivity contribution in [2.24, 2.45) is 0 Å². The first-order chi connectivity index (χ1) is 10.7. The molecule has 22 heavy (non-hydrogen) atoms. The minimum atomic E-state index is -0.0908. The summed E-state index contributed by atoms with van der Waals surface area (Å²) < 4.78 is 5.88. The molecule has 0 bridgehead atoms. The van der Waals surface area contributed by atoms with Gasteiger partial charge in [-0.05, 0) is 25.8 Å². The summed E-state index contributed by atoms with van der Waals surface area (Å²) in [7, 11) is 0. The second-order valence-corrected chi connectivity index (χ2v) is 6.49. The molecule has 2 saturated heterocycles. The van der Waals surface area contributed by atoms with Crippen LogP contribution in [0.5, 0.6) is 0 Å². The summed E-state index contributed by atoms with van der Waals surface area (Å²) in [6, 6.07) is 7.70. The third-order valence-electron chi connectivity index (χ3n) is 4.67. The molecule has 0 saturated carbocycles. The Morgan fingerprint density at radius 2 is 2.00 bits per heavy atom. The third-order valence-corrected chi connectivity index (χ3v) is 5.02. The first-order valence-electron chi connectivity index (χ1n) is 8.05. The molecule has 2 atom stereocenters. The summed E-state index contributed by atoms with van der Waals surface area (Å²) in [5, 5.41) is 0.730. The fraction of sp³-hybridized carbons (Fsp3) is 0.588. The van der Waals surface area contributed by atoms with Crippen molar-refractivity contribution >= 4 is 17.5 Å². The lowest BCUT2D eigenvalue weighted by Crippen LogP contribution is -2.50. The molecule has 3 rings (SSSR count). The number of benzene rings is 1. The van der Waals surface area contributed by atoms with Crippen molar-refractivity contribution < 1.29 is 9.53 Å². The van der Waals surface area contributed by atoms with Gasteiger partial charge >= 0.3 is 0 Å². The zero-order valence-electron chi connectivity index (χ0n) is 13.0. The van der Waals surface area contributed by atoms with E-state index in [-0.39, 0.29) is 18.1 Å². The van der Waals surface area contributed by atoms with Gasteiger partial charge in [-0.15, -0.1) is 0 Å². The van der Waals surface area contributed by atoms with E-state index in [1.54, 1.807) is 0 Å². The van der Waals surface area contributed by atoms with Crippen molar-refractivity contribution in [1.29, 1.82) is 0 Å². The van der Waals surface area contributed by atoms with Crippen molar-refractivity contribution in [3.8, 4) is 0 Å². The van der Waals surface area contributed by atoms with E-state index >= 15 is 0 Å². The summed E-state index contributed by atoms with van der Waals surface area (Å²) in [6.45, 7) is 5.96. The van der Waals surface area contributed by atoms with Gasteiger partial charge in [-0.1, -0.05) is 29.8 Å². The number of hydrogen-bond donors (Lipinski definition) is 0. The van der Waals surface area contributed by atoms with E-state index in [4.69, 9.17) is 16.3 Å². The maximum absolute atomic E-state index is 12.6. The lowest BCUT2D eigenvalue weighted by molar-refractivity contribution is -0.138. The number of carbonyl (C=O) groups excluding carboxylic acids is 1. The van der Waals surface area contributed by atoms with Gasteiger partial charge in [-0.25, -0.2) is 0 Å². The molecule has 0 unspecified atom stereocenters. The zero-order chi connectivity index (χ0) is 15.5. The highest BCUT2D eigenvalue weighted by atomic mass is 35.5. The number of nitrogens with zero attached hydrogens (tertiary/aromatic N) is 2. The number of likely N-dealkylation sites (tertiary alicyclic amines) is 1. The molecule has 1 aromatic rings. The smallest absolute Gasteiger partial charge is 0.239 e. The Morgan fingerprint density at radius 3 is 2.73 bits per heavy atom. The number of ether oxygens (including phenoxy) is 1. The number of morpholine rings is 1. The Bertz CT molecular complexity index is 531. The van der Waals surface area contributed by atoms with E-state index in [1.807, 2.05) is 36.1 Å². The van der Waals surface area contributed by atoms with Crippen LogP contribution in [0.2, 0.25) is 5.02 Å². The van der Waals surface area contributed by atoms with E-state index in [0.29, 0.717) is 13.2 Å². The molecule has 4 nitrogen and oxygen atoms in total. The predicted molar refractivity (Wildman–Crippen MR) is 87.0 cm³/mol. The largest absolute Gasteiger partial charge is 0.371 e. The van der Waals surface area contributed by atoms with Crippen molar-refractivity contribution in [1.82, 2.24) is 9.80 Å². The van der Waals surface area contributed by atoms with Crippen molar-refractivity contribution in [3.05, 3.63) is 34.9 Å². The second kappa shape index (κ2) is 6.99. The van der Waals surface area contributed by atoms with E-state index in [0.717, 1.165) is 43.1 Å². The molecule has 0 N–H and O–H groups in total. The molecule has 1 aromatic carbocycles. The molecule has 1 amide bonds. The molecule has 2 heterocycles. The quantitative estimate of drug-likeness (QED) is 0.858. The highest BCUT2D eigenvalue weighted by Gasteiger charge is 2.32. The minimum Gasteiger partial charge on any atom is -0.371 e. The Kier molecular flexibility index (Phi) is 5.01. The molecule has 0 radical (unpaired) electrons. The first kappa shape index (κ1) is 15.8. The highest BCUT2D eigenvalue weighted by Crippen LogP contribution is 2.29.